The fraction of sp³-hybridized carbons (Fsp3) is 0.450. The summed E-state index contributed by atoms with van der Waals surface area (Å²) in [6.45, 7) is 8.17. The summed E-state index contributed by atoms with van der Waals surface area (Å²) in [5.74, 6) is -0.766. The average Bonchev–Trinajstić information content (AvgIpc) is 2.90. The van der Waals surface area contributed by atoms with Crippen LogP contribution in [0.25, 0.3) is 11.0 Å². The van der Waals surface area contributed by atoms with Crippen molar-refractivity contribution in [2.24, 2.45) is 5.92 Å². The molecule has 0 unspecified atom stereocenters. The van der Waals surface area contributed by atoms with Crippen molar-refractivity contribution in [1.82, 2.24) is 0 Å². The maximum absolute atomic E-state index is 12.3. The van der Waals surface area contributed by atoms with Gasteiger partial charge in [-0.15, -0.1) is 0 Å². The SMILES string of the molecule is CC(=O)OC(C)(C)[C@H]1Oc2cc3oc(=O)ccc3cc2[C@H]1OC(=O)C(C)C. The van der Waals surface area contributed by atoms with E-state index in [1.165, 1.54) is 13.0 Å². The van der Waals surface area contributed by atoms with E-state index in [-0.39, 0.29) is 11.9 Å². The van der Waals surface area contributed by atoms with Crippen LogP contribution >= 0.6 is 0 Å². The Labute approximate surface area is 156 Å². The second-order valence-corrected chi connectivity index (χ2v) is 7.43. The Bertz CT molecular complexity index is 954. The monoisotopic (exact) mass is 374 g/mol. The third-order valence-electron chi connectivity index (χ3n) is 4.39. The molecule has 0 fully saturated rings. The first kappa shape index (κ1) is 18.9. The standard InChI is InChI=1S/C20H22O7/c1-10(2)19(23)26-17-13-8-12-6-7-16(22)24-14(12)9-15(13)25-18(17)20(4,5)27-11(3)21/h6-10,17-18H,1-5H3/t17-,18+/m1/s1. The summed E-state index contributed by atoms with van der Waals surface area (Å²) in [5.41, 5.74) is -0.531. The highest BCUT2D eigenvalue weighted by atomic mass is 16.6. The molecule has 0 N–H and O–H groups in total. The summed E-state index contributed by atoms with van der Waals surface area (Å²) in [6, 6.07) is 6.30. The lowest BCUT2D eigenvalue weighted by Gasteiger charge is -2.33. The molecule has 0 aliphatic carbocycles. The Morgan fingerprint density at radius 1 is 1.19 bits per heavy atom. The molecular formula is C20H22O7. The van der Waals surface area contributed by atoms with Crippen molar-refractivity contribution in [3.63, 3.8) is 0 Å². The molecular weight excluding hydrogens is 352 g/mol. The molecule has 2 aromatic rings. The first-order valence-electron chi connectivity index (χ1n) is 8.73. The first-order chi connectivity index (χ1) is 12.6. The van der Waals surface area contributed by atoms with Crippen LogP contribution in [0.5, 0.6) is 5.75 Å². The van der Waals surface area contributed by atoms with Gasteiger partial charge in [0.1, 0.15) is 16.9 Å². The number of carbonyl (C=O) groups excluding carboxylic acids is 2. The number of benzene rings is 1. The minimum Gasteiger partial charge on any atom is -0.481 e. The fourth-order valence-electron chi connectivity index (χ4n) is 3.12. The number of hydrogen-bond acceptors (Lipinski definition) is 7. The van der Waals surface area contributed by atoms with Crippen LogP contribution in [0.15, 0.2) is 33.5 Å². The largest absolute Gasteiger partial charge is 0.481 e. The second-order valence-electron chi connectivity index (χ2n) is 7.43. The van der Waals surface area contributed by atoms with Gasteiger partial charge in [0.25, 0.3) is 0 Å². The summed E-state index contributed by atoms with van der Waals surface area (Å²) in [7, 11) is 0. The predicted octanol–water partition coefficient (Wildman–Crippen LogP) is 3.14. The van der Waals surface area contributed by atoms with Crippen molar-refractivity contribution in [3.8, 4) is 5.75 Å². The van der Waals surface area contributed by atoms with Crippen LogP contribution in [0, 0.1) is 5.92 Å². The number of rotatable bonds is 4. The summed E-state index contributed by atoms with van der Waals surface area (Å²) in [5, 5.41) is 0.675. The fourth-order valence-corrected chi connectivity index (χ4v) is 3.12. The highest BCUT2D eigenvalue weighted by Crippen LogP contribution is 2.45. The quantitative estimate of drug-likeness (QED) is 0.599. The van der Waals surface area contributed by atoms with E-state index in [0.29, 0.717) is 22.3 Å². The maximum atomic E-state index is 12.3. The molecule has 0 saturated carbocycles. The van der Waals surface area contributed by atoms with E-state index >= 15 is 0 Å². The summed E-state index contributed by atoms with van der Waals surface area (Å²) in [6.07, 6.45) is -1.51. The summed E-state index contributed by atoms with van der Waals surface area (Å²) < 4.78 is 22.3. The van der Waals surface area contributed by atoms with E-state index in [1.54, 1.807) is 45.9 Å². The van der Waals surface area contributed by atoms with Crippen molar-refractivity contribution < 1.29 is 28.2 Å². The van der Waals surface area contributed by atoms with Gasteiger partial charge >= 0.3 is 17.6 Å². The lowest BCUT2D eigenvalue weighted by atomic mass is 9.93. The van der Waals surface area contributed by atoms with Crippen LogP contribution in [-0.4, -0.2) is 23.6 Å². The molecule has 2 atom stereocenters. The van der Waals surface area contributed by atoms with Crippen LogP contribution in [0.1, 0.15) is 46.3 Å². The molecule has 1 aromatic carbocycles. The zero-order valence-electron chi connectivity index (χ0n) is 15.9. The molecule has 7 nitrogen and oxygen atoms in total. The molecule has 27 heavy (non-hydrogen) atoms. The van der Waals surface area contributed by atoms with Gasteiger partial charge < -0.3 is 18.6 Å². The van der Waals surface area contributed by atoms with Crippen molar-refractivity contribution in [2.45, 2.75) is 52.4 Å². The average molecular weight is 374 g/mol. The van der Waals surface area contributed by atoms with Crippen molar-refractivity contribution in [1.29, 1.82) is 0 Å². The Morgan fingerprint density at radius 3 is 2.52 bits per heavy atom. The van der Waals surface area contributed by atoms with Gasteiger partial charge in [-0.25, -0.2) is 4.79 Å². The molecule has 0 saturated heterocycles. The van der Waals surface area contributed by atoms with Crippen LogP contribution in [0.2, 0.25) is 0 Å². The van der Waals surface area contributed by atoms with E-state index in [9.17, 15) is 14.4 Å². The van der Waals surface area contributed by atoms with Crippen molar-refractivity contribution in [2.75, 3.05) is 0 Å². The molecule has 0 bridgehead atoms. The van der Waals surface area contributed by atoms with E-state index in [1.807, 2.05) is 0 Å². The number of hydrogen-bond donors (Lipinski definition) is 0. The van der Waals surface area contributed by atoms with Gasteiger partial charge in [0, 0.05) is 30.0 Å². The van der Waals surface area contributed by atoms with Crippen LogP contribution in [-0.2, 0) is 19.1 Å². The van der Waals surface area contributed by atoms with Crippen LogP contribution in [0.3, 0.4) is 0 Å². The number of carbonyl (C=O) groups is 2. The topological polar surface area (TPSA) is 92.0 Å². The van der Waals surface area contributed by atoms with Gasteiger partial charge in [-0.1, -0.05) is 13.8 Å². The number of ether oxygens (including phenoxy) is 3. The molecule has 1 aliphatic rings. The van der Waals surface area contributed by atoms with E-state index < -0.39 is 29.4 Å². The normalized spacial score (nSPS) is 18.9. The molecule has 1 aromatic heterocycles. The molecule has 1 aliphatic heterocycles. The first-order valence-corrected chi connectivity index (χ1v) is 8.73. The Morgan fingerprint density at radius 2 is 1.89 bits per heavy atom. The lowest BCUT2D eigenvalue weighted by molar-refractivity contribution is -0.177. The zero-order valence-corrected chi connectivity index (χ0v) is 15.9. The molecule has 0 radical (unpaired) electrons. The summed E-state index contributed by atoms with van der Waals surface area (Å²) >= 11 is 0. The van der Waals surface area contributed by atoms with Gasteiger partial charge in [-0.2, -0.15) is 0 Å². The molecule has 144 valence electrons. The smallest absolute Gasteiger partial charge is 0.336 e. The Kier molecular flexibility index (Phi) is 4.71. The van der Waals surface area contributed by atoms with Gasteiger partial charge in [0.05, 0.1) is 5.92 Å². The molecule has 2 heterocycles. The van der Waals surface area contributed by atoms with E-state index in [4.69, 9.17) is 18.6 Å². The predicted molar refractivity (Wildman–Crippen MR) is 96.4 cm³/mol. The summed E-state index contributed by atoms with van der Waals surface area (Å²) in [4.78, 5) is 35.3. The third kappa shape index (κ3) is 3.67. The molecule has 0 amide bonds. The van der Waals surface area contributed by atoms with Crippen LogP contribution < -0.4 is 10.4 Å². The van der Waals surface area contributed by atoms with Crippen LogP contribution in [0.4, 0.5) is 0 Å². The Balaban J connectivity index is 2.08. The van der Waals surface area contributed by atoms with Gasteiger partial charge in [0.2, 0.25) is 0 Å². The van der Waals surface area contributed by atoms with E-state index in [0.717, 1.165) is 0 Å². The maximum Gasteiger partial charge on any atom is 0.336 e. The highest BCUT2D eigenvalue weighted by Gasteiger charge is 2.49. The minimum absolute atomic E-state index is 0.329. The van der Waals surface area contributed by atoms with E-state index in [2.05, 4.69) is 0 Å². The lowest BCUT2D eigenvalue weighted by Crippen LogP contribution is -2.46. The Hall–Kier alpha value is -2.83. The molecule has 3 rings (SSSR count). The van der Waals surface area contributed by atoms with Crippen molar-refractivity contribution >= 4 is 22.9 Å². The molecule has 7 heteroatoms. The van der Waals surface area contributed by atoms with Crippen molar-refractivity contribution in [3.05, 3.63) is 40.2 Å². The number of esters is 2. The van der Waals surface area contributed by atoms with Gasteiger partial charge in [-0.3, -0.25) is 9.59 Å². The minimum atomic E-state index is -1.06. The second kappa shape index (κ2) is 6.72. The highest BCUT2D eigenvalue weighted by molar-refractivity contribution is 5.80. The van der Waals surface area contributed by atoms with Gasteiger partial charge in [-0.05, 0) is 26.0 Å². The number of fused-ring (bicyclic) bond motifs is 2. The molecule has 0 spiro atoms. The third-order valence-corrected chi connectivity index (χ3v) is 4.39. The van der Waals surface area contributed by atoms with Gasteiger partial charge in [0.15, 0.2) is 12.2 Å². The zero-order chi connectivity index (χ0) is 19.9.